The number of nitrogens with zero attached hydrogens (tertiary/aromatic N) is 3. The van der Waals surface area contributed by atoms with Crippen molar-refractivity contribution in [2.45, 2.75) is 102 Å². The van der Waals surface area contributed by atoms with Gasteiger partial charge in [-0.2, -0.15) is 13.2 Å². The molecule has 6 atom stereocenters. The number of ether oxygens (including phenoxy) is 2. The van der Waals surface area contributed by atoms with Gasteiger partial charge in [-0.1, -0.05) is 44.2 Å². The molecule has 436 valence electrons. The number of carboxylic acids is 1. The Kier molecular flexibility index (Phi) is 17.5. The fourth-order valence-electron chi connectivity index (χ4n) is 10.4. The number of nitrogens with one attached hydrogen (secondary N) is 7. The summed E-state index contributed by atoms with van der Waals surface area (Å²) in [6.45, 7) is -0.791. The fraction of sp³-hybridized carbons (Fsp3) is 0.434. The molecule has 0 bridgehead atoms. The number of benzene rings is 2. The second-order valence-electron chi connectivity index (χ2n) is 20.0. The summed E-state index contributed by atoms with van der Waals surface area (Å²) in [5, 5.41) is 36.7. The number of carboxylic acid groups (broad SMARTS) is 1. The molecule has 1 fully saturated rings. The molecule has 29 heteroatoms. The van der Waals surface area contributed by atoms with E-state index in [1.807, 2.05) is 5.32 Å². The highest BCUT2D eigenvalue weighted by Gasteiger charge is 2.49. The number of aromatic nitrogens is 2. The number of aryl methyl sites for hydroxylation is 1. The maximum atomic E-state index is 15.4. The van der Waals surface area contributed by atoms with Crippen molar-refractivity contribution in [2.75, 3.05) is 39.5 Å². The van der Waals surface area contributed by atoms with Crippen LogP contribution in [0.25, 0.3) is 22.3 Å². The summed E-state index contributed by atoms with van der Waals surface area (Å²) in [6.07, 6.45) is -9.00. The van der Waals surface area contributed by atoms with Gasteiger partial charge in [-0.15, -0.1) is 0 Å². The summed E-state index contributed by atoms with van der Waals surface area (Å²) >= 11 is 0. The Labute approximate surface area is 462 Å². The number of alkyl halides is 3. The van der Waals surface area contributed by atoms with Crippen LogP contribution in [0, 0.1) is 18.7 Å². The Morgan fingerprint density at radius 2 is 1.57 bits per heavy atom. The van der Waals surface area contributed by atoms with Gasteiger partial charge < -0.3 is 61.5 Å². The molecular weight excluding hydrogens is 1090 g/mol. The number of aliphatic hydroxyl groups is 1. The zero-order valence-corrected chi connectivity index (χ0v) is 44.2. The lowest BCUT2D eigenvalue weighted by atomic mass is 9.81. The lowest BCUT2D eigenvalue weighted by molar-refractivity contribution is -0.220. The SMILES string of the molecule is CC[C@@]1(O)C(=O)OCc2c1cc1n(c2=O)Cc2c-1nc1cc(F)c(C)c3c1c2[C@@H](NC(=O)C(OCNC(=O)CNC(=O)[C@H](Cc1ccccc1)NC(=O)CNC(=O)CNC(=O)C(CNCC(=O)O)N1C(=O)CC(C)C1=O)C(F)(F)F)CC3. The van der Waals surface area contributed by atoms with Gasteiger partial charge in [-0.3, -0.25) is 52.8 Å². The number of rotatable bonds is 22. The Bertz CT molecular complexity index is 3380. The van der Waals surface area contributed by atoms with E-state index in [4.69, 9.17) is 19.6 Å². The van der Waals surface area contributed by atoms with Gasteiger partial charge in [0.1, 0.15) is 31.2 Å². The van der Waals surface area contributed by atoms with E-state index in [0.717, 1.165) is 6.07 Å². The summed E-state index contributed by atoms with van der Waals surface area (Å²) in [5.41, 5.74) is -0.704. The van der Waals surface area contributed by atoms with E-state index in [2.05, 4.69) is 31.9 Å². The summed E-state index contributed by atoms with van der Waals surface area (Å²) in [5.74, 6) is -11.5. The van der Waals surface area contributed by atoms with Gasteiger partial charge in [0.25, 0.3) is 11.5 Å². The largest absolute Gasteiger partial charge is 0.480 e. The molecule has 0 saturated carbocycles. The molecule has 2 aromatic carbocycles. The van der Waals surface area contributed by atoms with Crippen molar-refractivity contribution < 1.29 is 85.2 Å². The van der Waals surface area contributed by atoms with Crippen LogP contribution < -0.4 is 42.8 Å². The average molecular weight is 1150 g/mol. The third-order valence-corrected chi connectivity index (χ3v) is 14.6. The molecule has 0 spiro atoms. The topological polar surface area (TPSA) is 352 Å². The smallest absolute Gasteiger partial charge is 0.423 e. The van der Waals surface area contributed by atoms with Crippen molar-refractivity contribution in [3.8, 4) is 11.4 Å². The summed E-state index contributed by atoms with van der Waals surface area (Å²) in [7, 11) is 0. The van der Waals surface area contributed by atoms with E-state index in [9.17, 15) is 71.0 Å². The second kappa shape index (κ2) is 24.2. The van der Waals surface area contributed by atoms with E-state index in [-0.39, 0.29) is 77.8 Å². The minimum atomic E-state index is -5.36. The van der Waals surface area contributed by atoms with Gasteiger partial charge in [0, 0.05) is 47.9 Å². The number of aliphatic carboxylic acids is 1. The van der Waals surface area contributed by atoms with E-state index in [1.54, 1.807) is 30.3 Å². The molecule has 3 unspecified atom stereocenters. The number of amides is 8. The number of likely N-dealkylation sites (tertiary alicyclic amines) is 1. The highest BCUT2D eigenvalue weighted by molar-refractivity contribution is 6.07. The van der Waals surface area contributed by atoms with Crippen molar-refractivity contribution in [3.05, 3.63) is 97.6 Å². The first-order chi connectivity index (χ1) is 38.8. The highest BCUT2D eigenvalue weighted by atomic mass is 19.4. The third-order valence-electron chi connectivity index (χ3n) is 14.6. The van der Waals surface area contributed by atoms with Crippen LogP contribution in [0.5, 0.6) is 0 Å². The Hall–Kier alpha value is -8.70. The number of pyridine rings is 2. The molecule has 4 aromatic rings. The Balaban J connectivity index is 0.884. The monoisotopic (exact) mass is 1150 g/mol. The zero-order chi connectivity index (χ0) is 59.5. The molecule has 4 aliphatic rings. The van der Waals surface area contributed by atoms with Gasteiger partial charge in [-0.05, 0) is 54.5 Å². The Morgan fingerprint density at radius 3 is 2.23 bits per heavy atom. The third kappa shape index (κ3) is 12.3. The molecule has 25 nitrogen and oxygen atoms in total. The molecule has 9 N–H and O–H groups in total. The number of fused-ring (bicyclic) bond motifs is 5. The van der Waals surface area contributed by atoms with Gasteiger partial charge in [0.2, 0.25) is 47.5 Å². The molecule has 1 aliphatic carbocycles. The van der Waals surface area contributed by atoms with Crippen LogP contribution in [0.3, 0.4) is 0 Å². The van der Waals surface area contributed by atoms with Crippen LogP contribution in [-0.2, 0) is 89.0 Å². The van der Waals surface area contributed by atoms with E-state index in [0.29, 0.717) is 27.0 Å². The van der Waals surface area contributed by atoms with Gasteiger partial charge in [-0.25, -0.2) is 14.2 Å². The molecule has 8 rings (SSSR count). The van der Waals surface area contributed by atoms with Crippen LogP contribution in [0.2, 0.25) is 0 Å². The summed E-state index contributed by atoms with van der Waals surface area (Å²) < 4.78 is 70.8. The molecule has 3 aliphatic heterocycles. The first-order valence-corrected chi connectivity index (χ1v) is 25.8. The number of esters is 1. The maximum Gasteiger partial charge on any atom is 0.423 e. The number of carbonyl (C=O) groups excluding carboxylic acids is 9. The lowest BCUT2D eigenvalue weighted by Crippen LogP contribution is -2.56. The first kappa shape index (κ1) is 59.4. The molecule has 0 radical (unpaired) electrons. The van der Waals surface area contributed by atoms with Crippen LogP contribution >= 0.6 is 0 Å². The molecule has 82 heavy (non-hydrogen) atoms. The number of cyclic esters (lactones) is 1. The van der Waals surface area contributed by atoms with E-state index < -0.39 is 159 Å². The van der Waals surface area contributed by atoms with Crippen LogP contribution in [0.1, 0.15) is 78.1 Å². The maximum absolute atomic E-state index is 15.4. The predicted octanol–water partition coefficient (Wildman–Crippen LogP) is -0.834. The number of imide groups is 1. The van der Waals surface area contributed by atoms with Crippen LogP contribution in [0.15, 0.2) is 47.3 Å². The van der Waals surface area contributed by atoms with Gasteiger partial charge >= 0.3 is 18.1 Å². The van der Waals surface area contributed by atoms with Gasteiger partial charge in [0.15, 0.2) is 5.60 Å². The van der Waals surface area contributed by atoms with Gasteiger partial charge in [0.05, 0.1) is 61.2 Å². The lowest BCUT2D eigenvalue weighted by Gasteiger charge is -2.31. The quantitative estimate of drug-likeness (QED) is 0.0177. The molecule has 8 amide bonds. The Morgan fingerprint density at radius 1 is 0.890 bits per heavy atom. The summed E-state index contributed by atoms with van der Waals surface area (Å²) in [6, 6.07) is 6.60. The van der Waals surface area contributed by atoms with E-state index in [1.165, 1.54) is 31.4 Å². The highest BCUT2D eigenvalue weighted by Crippen LogP contribution is 2.46. The number of halogens is 4. The van der Waals surface area contributed by atoms with Crippen LogP contribution in [0.4, 0.5) is 17.6 Å². The number of hydrogen-bond acceptors (Lipinski definition) is 16. The fourth-order valence-corrected chi connectivity index (χ4v) is 10.4. The van der Waals surface area contributed by atoms with Crippen LogP contribution in [-0.4, -0.2) is 148 Å². The number of carbonyl (C=O) groups is 10. The minimum Gasteiger partial charge on any atom is -0.480 e. The summed E-state index contributed by atoms with van der Waals surface area (Å²) in [4.78, 5) is 147. The first-order valence-electron chi connectivity index (χ1n) is 25.8. The average Bonchev–Trinajstić information content (AvgIpc) is 3.04. The minimum absolute atomic E-state index is 0.0000191. The van der Waals surface area contributed by atoms with Crippen molar-refractivity contribution in [3.63, 3.8) is 0 Å². The second-order valence-corrected chi connectivity index (χ2v) is 20.0. The zero-order valence-electron chi connectivity index (χ0n) is 44.2. The molecule has 1 saturated heterocycles. The molecule has 5 heterocycles. The predicted molar refractivity (Wildman–Crippen MR) is 273 cm³/mol. The van der Waals surface area contributed by atoms with Crippen molar-refractivity contribution in [1.29, 1.82) is 0 Å². The van der Waals surface area contributed by atoms with Crippen molar-refractivity contribution in [2.24, 2.45) is 5.92 Å². The standard InChI is InChI=1S/C53H56F4N10O15/c1-4-52(80)30-14-35-44-28(21-66(35)50(78)29(30)22-81-51(52)79)43-32(11-10-27-25(3)31(54)15-33(64-44)42(27)43)65-48(76)45(53(55,56)57)82-23-62-38(69)18-60-46(74)34(13-26-8-6-5-7-9-26)63-39(70)19-59-37(68)17-61-47(75)36(16-58-20-41(72)73)67-40(71)12-24(2)49(67)77/h5-9,14-15,24,32,34,36,45,58,80H,4,10-13,16-23H2,1-3H3,(H,59,68)(H,60,74)(H,61,75)(H,62,69)(H,63,70)(H,65,76)(H,72,73)/t24?,32-,34-,36?,45?,52-/m0/s1. The molecule has 2 aromatic heterocycles. The molecular formula is C53H56F4N10O15. The van der Waals surface area contributed by atoms with Crippen molar-refractivity contribution in [1.82, 2.24) is 51.7 Å². The van der Waals surface area contributed by atoms with Crippen molar-refractivity contribution >= 4 is 70.1 Å². The van der Waals surface area contributed by atoms with E-state index >= 15 is 4.39 Å². The normalized spacial score (nSPS) is 19.0. The number of hydrogen-bond donors (Lipinski definition) is 9.